The molecule has 1 saturated carbocycles. The Morgan fingerprint density at radius 2 is 1.95 bits per heavy atom. The number of nitrogens with zero attached hydrogens (tertiary/aromatic N) is 2. The van der Waals surface area contributed by atoms with Crippen molar-refractivity contribution in [1.29, 1.82) is 0 Å². The summed E-state index contributed by atoms with van der Waals surface area (Å²) in [6.45, 7) is 0.824. The lowest BCUT2D eigenvalue weighted by atomic mass is 10.2. The number of halogens is 3. The van der Waals surface area contributed by atoms with E-state index in [1.54, 1.807) is 0 Å². The second kappa shape index (κ2) is 5.83. The van der Waals surface area contributed by atoms with Gasteiger partial charge in [-0.3, -0.25) is 0 Å². The highest BCUT2D eigenvalue weighted by molar-refractivity contribution is 9.10. The highest BCUT2D eigenvalue weighted by atomic mass is 79.9. The summed E-state index contributed by atoms with van der Waals surface area (Å²) in [5, 5.41) is 12.3. The molecule has 3 rings (SSSR count). The minimum Gasteiger partial charge on any atom is -0.314 e. The van der Waals surface area contributed by atoms with E-state index in [2.05, 4.69) is 31.4 Å². The predicted octanol–water partition coefficient (Wildman–Crippen LogP) is 3.54. The summed E-state index contributed by atoms with van der Waals surface area (Å²) in [7, 11) is 0. The molecular weight excluding hydrogens is 348 g/mol. The van der Waals surface area contributed by atoms with Gasteiger partial charge in [0.05, 0.1) is 5.56 Å². The molecule has 0 amide bonds. The Kier molecular flexibility index (Phi) is 4.09. The minimum atomic E-state index is -0.629. The number of benzene rings is 1. The molecule has 1 fully saturated rings. The summed E-state index contributed by atoms with van der Waals surface area (Å²) in [4.78, 5) is 0. The van der Waals surface area contributed by atoms with Crippen LogP contribution in [0.1, 0.15) is 17.8 Å². The molecular formula is C13H12BrF2N3S. The molecule has 0 radical (unpaired) electrons. The highest BCUT2D eigenvalue weighted by Gasteiger charge is 2.20. The van der Waals surface area contributed by atoms with Crippen molar-refractivity contribution in [2.45, 2.75) is 25.3 Å². The van der Waals surface area contributed by atoms with Crippen LogP contribution in [0.5, 0.6) is 0 Å². The number of hydrogen-bond donors (Lipinski definition) is 1. The molecule has 0 atom stereocenters. The third-order valence-corrected chi connectivity index (χ3v) is 4.50. The SMILES string of the molecule is Fc1cc(Br)cc(F)c1-c1nnc(CCNC2CC2)s1. The van der Waals surface area contributed by atoms with E-state index in [0.29, 0.717) is 10.5 Å². The van der Waals surface area contributed by atoms with Crippen LogP contribution in [-0.2, 0) is 6.42 Å². The van der Waals surface area contributed by atoms with Gasteiger partial charge in [0.1, 0.15) is 16.6 Å². The molecule has 7 heteroatoms. The van der Waals surface area contributed by atoms with E-state index in [1.807, 2.05) is 0 Å². The molecule has 106 valence electrons. The maximum atomic E-state index is 13.8. The van der Waals surface area contributed by atoms with Crippen LogP contribution >= 0.6 is 27.3 Å². The normalized spacial score (nSPS) is 14.8. The van der Waals surface area contributed by atoms with E-state index in [1.165, 1.54) is 36.3 Å². The van der Waals surface area contributed by atoms with Crippen molar-refractivity contribution in [3.05, 3.63) is 33.2 Å². The summed E-state index contributed by atoms with van der Waals surface area (Å²) in [5.74, 6) is -1.26. The Balaban J connectivity index is 1.75. The van der Waals surface area contributed by atoms with E-state index < -0.39 is 11.6 Å². The third-order valence-electron chi connectivity index (χ3n) is 3.04. The van der Waals surface area contributed by atoms with E-state index in [4.69, 9.17) is 0 Å². The lowest BCUT2D eigenvalue weighted by Gasteiger charge is -2.01. The number of rotatable bonds is 5. The molecule has 0 saturated heterocycles. The second-order valence-electron chi connectivity index (χ2n) is 4.72. The fourth-order valence-electron chi connectivity index (χ4n) is 1.87. The summed E-state index contributed by atoms with van der Waals surface area (Å²) in [6.07, 6.45) is 3.20. The van der Waals surface area contributed by atoms with Crippen LogP contribution in [0.15, 0.2) is 16.6 Å². The van der Waals surface area contributed by atoms with Gasteiger partial charge in [0, 0.05) is 23.5 Å². The number of nitrogens with one attached hydrogen (secondary N) is 1. The molecule has 0 bridgehead atoms. The quantitative estimate of drug-likeness (QED) is 0.886. The van der Waals surface area contributed by atoms with Gasteiger partial charge in [-0.1, -0.05) is 27.3 Å². The van der Waals surface area contributed by atoms with Crippen molar-refractivity contribution in [2.75, 3.05) is 6.54 Å². The Hall–Kier alpha value is -0.920. The number of hydrogen-bond acceptors (Lipinski definition) is 4. The van der Waals surface area contributed by atoms with Crippen molar-refractivity contribution < 1.29 is 8.78 Å². The van der Waals surface area contributed by atoms with Gasteiger partial charge in [0.2, 0.25) is 0 Å². The first kappa shape index (κ1) is 14.0. The van der Waals surface area contributed by atoms with E-state index in [0.717, 1.165) is 18.0 Å². The van der Waals surface area contributed by atoms with E-state index in [9.17, 15) is 8.78 Å². The summed E-state index contributed by atoms with van der Waals surface area (Å²) >= 11 is 4.29. The zero-order chi connectivity index (χ0) is 14.1. The fourth-order valence-corrected chi connectivity index (χ4v) is 3.16. The standard InChI is InChI=1S/C13H12BrF2N3S/c14-7-5-9(15)12(10(16)6-7)13-19-18-11(20-13)3-4-17-8-1-2-8/h5-6,8,17H,1-4H2. The van der Waals surface area contributed by atoms with Gasteiger partial charge in [-0.05, 0) is 25.0 Å². The largest absolute Gasteiger partial charge is 0.314 e. The average Bonchev–Trinajstić information content (AvgIpc) is 3.07. The molecule has 0 unspecified atom stereocenters. The van der Waals surface area contributed by atoms with Crippen LogP contribution in [0.25, 0.3) is 10.6 Å². The van der Waals surface area contributed by atoms with Crippen molar-refractivity contribution in [1.82, 2.24) is 15.5 Å². The van der Waals surface area contributed by atoms with Crippen LogP contribution < -0.4 is 5.32 Å². The van der Waals surface area contributed by atoms with Crippen LogP contribution in [0.2, 0.25) is 0 Å². The van der Waals surface area contributed by atoms with Crippen molar-refractivity contribution in [2.24, 2.45) is 0 Å². The molecule has 1 aliphatic rings. The maximum Gasteiger partial charge on any atom is 0.153 e. The molecule has 1 aromatic heterocycles. The topological polar surface area (TPSA) is 37.8 Å². The van der Waals surface area contributed by atoms with Gasteiger partial charge in [0.25, 0.3) is 0 Å². The van der Waals surface area contributed by atoms with E-state index >= 15 is 0 Å². The van der Waals surface area contributed by atoms with Crippen LogP contribution in [0.4, 0.5) is 8.78 Å². The van der Waals surface area contributed by atoms with Crippen LogP contribution in [-0.4, -0.2) is 22.8 Å². The maximum absolute atomic E-state index is 13.8. The summed E-state index contributed by atoms with van der Waals surface area (Å²) < 4.78 is 28.0. The zero-order valence-corrected chi connectivity index (χ0v) is 12.9. The van der Waals surface area contributed by atoms with Gasteiger partial charge in [0.15, 0.2) is 5.01 Å². The minimum absolute atomic E-state index is 0.105. The van der Waals surface area contributed by atoms with Gasteiger partial charge in [-0.15, -0.1) is 10.2 Å². The van der Waals surface area contributed by atoms with Gasteiger partial charge < -0.3 is 5.32 Å². The Labute approximate surface area is 127 Å². The van der Waals surface area contributed by atoms with Crippen molar-refractivity contribution in [3.63, 3.8) is 0 Å². The Bertz CT molecular complexity index is 605. The Morgan fingerprint density at radius 3 is 2.60 bits per heavy atom. The predicted molar refractivity (Wildman–Crippen MR) is 77.7 cm³/mol. The van der Waals surface area contributed by atoms with Crippen molar-refractivity contribution in [3.8, 4) is 10.6 Å². The average molecular weight is 360 g/mol. The Morgan fingerprint density at radius 1 is 1.25 bits per heavy atom. The summed E-state index contributed by atoms with van der Waals surface area (Å²) in [5.41, 5.74) is -0.105. The van der Waals surface area contributed by atoms with Gasteiger partial charge >= 0.3 is 0 Å². The molecule has 2 aromatic rings. The fraction of sp³-hybridized carbons (Fsp3) is 0.385. The first-order valence-electron chi connectivity index (χ1n) is 6.34. The molecule has 20 heavy (non-hydrogen) atoms. The molecule has 1 heterocycles. The van der Waals surface area contributed by atoms with Crippen molar-refractivity contribution >= 4 is 27.3 Å². The molecule has 3 nitrogen and oxygen atoms in total. The molecule has 0 aliphatic heterocycles. The van der Waals surface area contributed by atoms with Crippen LogP contribution in [0, 0.1) is 11.6 Å². The highest BCUT2D eigenvalue weighted by Crippen LogP contribution is 2.31. The van der Waals surface area contributed by atoms with Gasteiger partial charge in [-0.2, -0.15) is 0 Å². The molecule has 1 aliphatic carbocycles. The summed E-state index contributed by atoms with van der Waals surface area (Å²) in [6, 6.07) is 3.10. The third kappa shape index (κ3) is 3.21. The lowest BCUT2D eigenvalue weighted by molar-refractivity contribution is 0.587. The van der Waals surface area contributed by atoms with Crippen LogP contribution in [0.3, 0.4) is 0 Å². The first-order chi connectivity index (χ1) is 9.63. The molecule has 0 spiro atoms. The van der Waals surface area contributed by atoms with Gasteiger partial charge in [-0.25, -0.2) is 8.78 Å². The number of aromatic nitrogens is 2. The molecule has 1 N–H and O–H groups in total. The second-order valence-corrected chi connectivity index (χ2v) is 6.70. The zero-order valence-electron chi connectivity index (χ0n) is 10.5. The molecule has 1 aromatic carbocycles. The first-order valence-corrected chi connectivity index (χ1v) is 7.95. The monoisotopic (exact) mass is 359 g/mol. The lowest BCUT2D eigenvalue weighted by Crippen LogP contribution is -2.19. The van der Waals surface area contributed by atoms with E-state index in [-0.39, 0.29) is 10.6 Å². The smallest absolute Gasteiger partial charge is 0.153 e.